The van der Waals surface area contributed by atoms with E-state index in [2.05, 4.69) is 22.2 Å². The van der Waals surface area contributed by atoms with E-state index in [0.29, 0.717) is 29.3 Å². The fourth-order valence-electron chi connectivity index (χ4n) is 7.48. The molecule has 1 saturated heterocycles. The average Bonchev–Trinajstić information content (AvgIpc) is 3.44. The molecule has 4 atom stereocenters. The minimum absolute atomic E-state index is 0.0115. The van der Waals surface area contributed by atoms with Crippen molar-refractivity contribution in [2.45, 2.75) is 31.0 Å². The Morgan fingerprint density at radius 2 is 1.84 bits per heavy atom. The number of carbonyl (C=O) groups is 3. The molecule has 7 N–H and O–H groups in total. The molecule has 1 aromatic heterocycles. The predicted molar refractivity (Wildman–Crippen MR) is 164 cm³/mol. The van der Waals surface area contributed by atoms with Crippen LogP contribution in [-0.2, 0) is 22.6 Å². The van der Waals surface area contributed by atoms with Crippen molar-refractivity contribution in [1.29, 1.82) is 0 Å². The molecule has 0 radical (unpaired) electrons. The van der Waals surface area contributed by atoms with Crippen LogP contribution in [0.4, 0.5) is 5.69 Å². The van der Waals surface area contributed by atoms with Gasteiger partial charge in [0.1, 0.15) is 34.4 Å². The van der Waals surface area contributed by atoms with Crippen molar-refractivity contribution in [3.8, 4) is 17.1 Å². The minimum atomic E-state index is -2.69. The number of fused-ring (bicyclic) bond motifs is 3. The van der Waals surface area contributed by atoms with E-state index in [1.807, 2.05) is 25.1 Å². The maximum atomic E-state index is 14.3. The number of likely N-dealkylation sites (N-methyl/N-ethyl adjacent to an activating group) is 2. The standard InChI is InChI=1S/C32H39N5O8/c1-34-25-19-12-15-11-17-20(35(2)3)13-18(21-6-5-16(45-21)14-37-9-7-36(4)8-10-37)26(38)23(17)27(39)22(15)29(41)32(19,44)30(42)24(28(25)40)31(33)43/h5-6,13,15,19,25,34,38,40-41,44H,7-12,14H2,1-4H3,(H2,33,43)/t15-,19-,25-,32-/m0/s1. The molecule has 1 fully saturated rings. The number of phenols is 1. The Bertz CT molecular complexity index is 1670. The van der Waals surface area contributed by atoms with Crippen LogP contribution in [0.5, 0.6) is 5.75 Å². The van der Waals surface area contributed by atoms with E-state index >= 15 is 0 Å². The molecular weight excluding hydrogens is 582 g/mol. The molecule has 13 heteroatoms. The van der Waals surface area contributed by atoms with Crippen LogP contribution in [0.25, 0.3) is 11.3 Å². The molecule has 2 heterocycles. The van der Waals surface area contributed by atoms with Crippen molar-refractivity contribution >= 4 is 23.2 Å². The maximum absolute atomic E-state index is 14.3. The number of phenolic OH excluding ortho intramolecular Hbond substituents is 1. The van der Waals surface area contributed by atoms with Gasteiger partial charge in [-0.05, 0) is 56.6 Å². The number of aliphatic hydroxyl groups excluding tert-OH is 2. The van der Waals surface area contributed by atoms with Gasteiger partial charge in [0.05, 0.1) is 23.7 Å². The van der Waals surface area contributed by atoms with Crippen molar-refractivity contribution in [2.75, 3.05) is 59.3 Å². The minimum Gasteiger partial charge on any atom is -0.510 e. The molecule has 45 heavy (non-hydrogen) atoms. The number of ketones is 2. The molecule has 3 aliphatic carbocycles. The highest BCUT2D eigenvalue weighted by atomic mass is 16.4. The number of rotatable bonds is 6. The Balaban J connectivity index is 1.44. The lowest BCUT2D eigenvalue weighted by molar-refractivity contribution is -0.146. The van der Waals surface area contributed by atoms with E-state index in [0.717, 1.165) is 26.2 Å². The lowest BCUT2D eigenvalue weighted by Gasteiger charge is -2.48. The van der Waals surface area contributed by atoms with Gasteiger partial charge in [-0.3, -0.25) is 19.3 Å². The van der Waals surface area contributed by atoms with E-state index in [9.17, 15) is 34.8 Å². The molecule has 0 spiro atoms. The number of Topliss-reactive ketones (excluding diaryl/α,β-unsaturated/α-hetero) is 2. The summed E-state index contributed by atoms with van der Waals surface area (Å²) in [5.41, 5.74) is 3.05. The highest BCUT2D eigenvalue weighted by Crippen LogP contribution is 2.53. The number of piperazine rings is 1. The first-order valence-corrected chi connectivity index (χ1v) is 15.0. The molecular formula is C32H39N5O8. The topological polar surface area (TPSA) is 193 Å². The van der Waals surface area contributed by atoms with E-state index in [4.69, 9.17) is 10.2 Å². The normalized spacial score (nSPS) is 27.4. The number of nitrogens with one attached hydrogen (secondary N) is 1. The number of hydrogen-bond acceptors (Lipinski definition) is 12. The lowest BCUT2D eigenvalue weighted by atomic mass is 9.58. The number of benzene rings is 1. The number of anilines is 1. The van der Waals surface area contributed by atoms with Crippen molar-refractivity contribution in [3.05, 3.63) is 57.8 Å². The average molecular weight is 622 g/mol. The van der Waals surface area contributed by atoms with Gasteiger partial charge in [-0.15, -0.1) is 0 Å². The molecule has 0 bridgehead atoms. The number of carbonyl (C=O) groups excluding carboxylic acids is 3. The Morgan fingerprint density at radius 1 is 1.16 bits per heavy atom. The van der Waals surface area contributed by atoms with E-state index < -0.39 is 58.0 Å². The third-order valence-corrected chi connectivity index (χ3v) is 9.87. The molecule has 6 rings (SSSR count). The summed E-state index contributed by atoms with van der Waals surface area (Å²) in [5, 5.41) is 48.5. The second-order valence-corrected chi connectivity index (χ2v) is 12.7. The number of hydrogen-bond donors (Lipinski definition) is 6. The van der Waals surface area contributed by atoms with E-state index in [1.165, 1.54) is 7.05 Å². The molecule has 1 aliphatic heterocycles. The number of primary amides is 1. The van der Waals surface area contributed by atoms with Gasteiger partial charge in [0.2, 0.25) is 5.78 Å². The van der Waals surface area contributed by atoms with E-state index in [1.54, 1.807) is 12.1 Å². The van der Waals surface area contributed by atoms with Gasteiger partial charge in [0.25, 0.3) is 5.91 Å². The van der Waals surface area contributed by atoms with Gasteiger partial charge in [0, 0.05) is 57.5 Å². The number of aliphatic hydroxyl groups is 3. The van der Waals surface area contributed by atoms with Crippen LogP contribution in [-0.4, -0.2) is 114 Å². The van der Waals surface area contributed by atoms with Crippen LogP contribution in [0, 0.1) is 11.8 Å². The Hall–Kier alpha value is -4.17. The molecule has 1 aromatic carbocycles. The molecule has 13 nitrogen and oxygen atoms in total. The summed E-state index contributed by atoms with van der Waals surface area (Å²) in [6, 6.07) is 4.26. The van der Waals surface area contributed by atoms with Crippen LogP contribution in [0.3, 0.4) is 0 Å². The first-order chi connectivity index (χ1) is 21.3. The molecule has 2 aromatic rings. The summed E-state index contributed by atoms with van der Waals surface area (Å²) >= 11 is 0. The predicted octanol–water partition coefficient (Wildman–Crippen LogP) is 0.852. The molecule has 4 aliphatic rings. The van der Waals surface area contributed by atoms with Gasteiger partial charge < -0.3 is 45.7 Å². The number of amides is 1. The van der Waals surface area contributed by atoms with Crippen LogP contribution in [0.2, 0.25) is 0 Å². The number of aromatic hydroxyl groups is 1. The monoisotopic (exact) mass is 621 g/mol. The highest BCUT2D eigenvalue weighted by Gasteiger charge is 2.62. The van der Waals surface area contributed by atoms with Gasteiger partial charge in [-0.2, -0.15) is 0 Å². The Kier molecular flexibility index (Phi) is 7.55. The fraction of sp³-hybridized carbons (Fsp3) is 0.469. The quantitative estimate of drug-likeness (QED) is 0.250. The van der Waals surface area contributed by atoms with Crippen LogP contribution < -0.4 is 16.0 Å². The Labute approximate surface area is 260 Å². The third-order valence-electron chi connectivity index (χ3n) is 9.87. The largest absolute Gasteiger partial charge is 0.510 e. The molecule has 0 unspecified atom stereocenters. The zero-order valence-electron chi connectivity index (χ0n) is 25.8. The Morgan fingerprint density at radius 3 is 2.47 bits per heavy atom. The van der Waals surface area contributed by atoms with Gasteiger partial charge in [0.15, 0.2) is 11.4 Å². The van der Waals surface area contributed by atoms with Gasteiger partial charge in [-0.25, -0.2) is 0 Å². The summed E-state index contributed by atoms with van der Waals surface area (Å²) in [4.78, 5) is 46.2. The first-order valence-electron chi connectivity index (χ1n) is 15.0. The van der Waals surface area contributed by atoms with Crippen LogP contribution in [0.15, 0.2) is 45.3 Å². The zero-order chi connectivity index (χ0) is 32.5. The number of nitrogens with two attached hydrogens (primary N) is 1. The van der Waals surface area contributed by atoms with Crippen molar-refractivity contribution in [2.24, 2.45) is 17.6 Å². The van der Waals surface area contributed by atoms with Crippen molar-refractivity contribution in [3.63, 3.8) is 0 Å². The van der Waals surface area contributed by atoms with E-state index in [-0.39, 0.29) is 35.3 Å². The number of allylic oxidation sites excluding steroid dienone is 1. The van der Waals surface area contributed by atoms with Gasteiger partial charge >= 0.3 is 0 Å². The second-order valence-electron chi connectivity index (χ2n) is 12.7. The smallest absolute Gasteiger partial charge is 0.255 e. The highest BCUT2D eigenvalue weighted by molar-refractivity contribution is 6.25. The maximum Gasteiger partial charge on any atom is 0.255 e. The van der Waals surface area contributed by atoms with Crippen LogP contribution in [0.1, 0.15) is 28.1 Å². The second kappa shape index (κ2) is 11.0. The number of nitrogens with zero attached hydrogens (tertiary/aromatic N) is 3. The summed E-state index contributed by atoms with van der Waals surface area (Å²) in [6.45, 7) is 4.30. The lowest BCUT2D eigenvalue weighted by Crippen LogP contribution is -2.63. The summed E-state index contributed by atoms with van der Waals surface area (Å²) in [6.07, 6.45) is 0.205. The first kappa shape index (κ1) is 30.8. The zero-order valence-corrected chi connectivity index (χ0v) is 25.8. The van der Waals surface area contributed by atoms with Crippen molar-refractivity contribution < 1.29 is 39.2 Å². The molecule has 1 amide bonds. The summed E-state index contributed by atoms with van der Waals surface area (Å²) < 4.78 is 6.17. The van der Waals surface area contributed by atoms with Crippen LogP contribution >= 0.6 is 0 Å². The van der Waals surface area contributed by atoms with Gasteiger partial charge in [-0.1, -0.05) is 0 Å². The SMILES string of the molecule is CN[C@@H]1C(O)=C(C(N)=O)C(=O)[C@@]2(O)C(O)=C3C(=O)c4c(O)c(-c5ccc(CN6CCN(C)CC6)o5)cc(N(C)C)c4C[C@H]3C[C@@H]12. The van der Waals surface area contributed by atoms with Crippen molar-refractivity contribution in [1.82, 2.24) is 15.1 Å². The molecule has 0 saturated carbocycles. The number of furan rings is 1. The fourth-order valence-corrected chi connectivity index (χ4v) is 7.48. The summed E-state index contributed by atoms with van der Waals surface area (Å²) in [7, 11) is 7.19. The third kappa shape index (κ3) is 4.64. The molecule has 240 valence electrons. The summed E-state index contributed by atoms with van der Waals surface area (Å²) in [5.74, 6) is -5.86.